The molecular weight excluding hydrogens is 203 g/mol. The molecule has 5 heteroatoms. The maximum absolute atomic E-state index is 11.1. The first kappa shape index (κ1) is 9.06. The van der Waals surface area contributed by atoms with Crippen LogP contribution in [0.2, 0.25) is 0 Å². The van der Waals surface area contributed by atoms with Crippen molar-refractivity contribution < 1.29 is 13.9 Å². The van der Waals surface area contributed by atoms with Crippen LogP contribution in [0.1, 0.15) is 0 Å². The average molecular weight is 208 g/mol. The lowest BCUT2D eigenvalue weighted by atomic mass is 10.2. The van der Waals surface area contributed by atoms with E-state index in [0.717, 1.165) is 0 Å². The van der Waals surface area contributed by atoms with Crippen LogP contribution in [0, 0.1) is 0 Å². The van der Waals surface area contributed by atoms with Crippen molar-refractivity contribution >= 4 is 24.3 Å². The Morgan fingerprint density at radius 2 is 2.00 bits per heavy atom. The van der Waals surface area contributed by atoms with Crippen molar-refractivity contribution in [1.82, 2.24) is 0 Å². The van der Waals surface area contributed by atoms with Gasteiger partial charge in [0.25, 0.3) is 5.30 Å². The zero-order valence-electron chi connectivity index (χ0n) is 6.97. The molecule has 0 aliphatic carbocycles. The minimum absolute atomic E-state index is 0.307. The Kier molecular flexibility index (Phi) is 2.15. The van der Waals surface area contributed by atoms with Crippen LogP contribution in [0.15, 0.2) is 39.5 Å². The van der Waals surface area contributed by atoms with Crippen molar-refractivity contribution in [2.75, 3.05) is 0 Å². The van der Waals surface area contributed by atoms with Gasteiger partial charge in [-0.15, -0.1) is 0 Å². The molecular formula is C9H5O4P. The lowest BCUT2D eigenvalue weighted by molar-refractivity contribution is -0.160. The Labute approximate surface area is 79.7 Å². The van der Waals surface area contributed by atoms with Gasteiger partial charge in [0.2, 0.25) is 0 Å². The third-order valence-electron chi connectivity index (χ3n) is 1.82. The average Bonchev–Trinajstić information content (AvgIpc) is 2.16. The highest BCUT2D eigenvalue weighted by molar-refractivity contribution is 7.45. The van der Waals surface area contributed by atoms with Crippen LogP contribution in [-0.2, 0) is 4.57 Å². The summed E-state index contributed by atoms with van der Waals surface area (Å²) < 4.78 is 15.5. The molecule has 0 bridgehead atoms. The van der Waals surface area contributed by atoms with E-state index in [0.29, 0.717) is 11.0 Å². The minimum atomic E-state index is -2.90. The number of benzene rings is 1. The molecule has 0 saturated carbocycles. The zero-order valence-corrected chi connectivity index (χ0v) is 7.86. The van der Waals surface area contributed by atoms with E-state index >= 15 is 0 Å². The van der Waals surface area contributed by atoms with Crippen molar-refractivity contribution in [3.05, 3.63) is 40.8 Å². The topological polar surface area (TPSA) is 70.3 Å². The number of fused-ring (bicyclic) bond motifs is 1. The molecule has 0 radical (unpaired) electrons. The van der Waals surface area contributed by atoms with Crippen LogP contribution in [0.25, 0.3) is 11.0 Å². The van der Waals surface area contributed by atoms with Crippen molar-refractivity contribution in [2.24, 2.45) is 0 Å². The van der Waals surface area contributed by atoms with E-state index in [-0.39, 0.29) is 5.30 Å². The van der Waals surface area contributed by atoms with Crippen LogP contribution < -0.4 is 15.8 Å². The molecule has 0 spiro atoms. The second-order valence-corrected chi connectivity index (χ2v) is 3.71. The molecule has 1 heterocycles. The zero-order chi connectivity index (χ0) is 10.1. The summed E-state index contributed by atoms with van der Waals surface area (Å²) in [5.74, 6) is 0. The highest BCUT2D eigenvalue weighted by atomic mass is 31.1. The largest absolute Gasteiger partial charge is 0.591 e. The highest BCUT2D eigenvalue weighted by Gasteiger charge is 2.15. The summed E-state index contributed by atoms with van der Waals surface area (Å²) in [6, 6.07) is 8.05. The summed E-state index contributed by atoms with van der Waals surface area (Å²) in [4.78, 5) is 21.8. The summed E-state index contributed by atoms with van der Waals surface area (Å²) in [6.45, 7) is 0. The van der Waals surface area contributed by atoms with Crippen LogP contribution in [0.4, 0.5) is 0 Å². The van der Waals surface area contributed by atoms with E-state index in [1.54, 1.807) is 24.3 Å². The molecule has 1 unspecified atom stereocenters. The Bertz CT molecular complexity index is 558. The fourth-order valence-corrected chi connectivity index (χ4v) is 1.62. The third-order valence-corrected chi connectivity index (χ3v) is 2.52. The molecule has 1 aromatic carbocycles. The highest BCUT2D eigenvalue weighted by Crippen LogP contribution is 2.13. The normalized spacial score (nSPS) is 11.6. The van der Waals surface area contributed by atoms with E-state index in [9.17, 15) is 14.3 Å². The molecule has 4 nitrogen and oxygen atoms in total. The first-order valence-electron chi connectivity index (χ1n) is 3.86. The Morgan fingerprint density at radius 1 is 1.29 bits per heavy atom. The predicted octanol–water partition coefficient (Wildman–Crippen LogP) is 0.521. The summed E-state index contributed by atoms with van der Waals surface area (Å²) in [5, 5.41) is 0.292. The number of hydrogen-bond acceptors (Lipinski definition) is 4. The quantitative estimate of drug-likeness (QED) is 0.506. The van der Waals surface area contributed by atoms with Crippen LogP contribution in [-0.4, -0.2) is 0 Å². The van der Waals surface area contributed by atoms with E-state index in [2.05, 4.69) is 0 Å². The van der Waals surface area contributed by atoms with Gasteiger partial charge in [0.15, 0.2) is 0 Å². The van der Waals surface area contributed by atoms with Gasteiger partial charge in [-0.05, 0) is 6.07 Å². The van der Waals surface area contributed by atoms with Gasteiger partial charge < -0.3 is 9.31 Å². The van der Waals surface area contributed by atoms with E-state index in [1.807, 2.05) is 0 Å². The summed E-state index contributed by atoms with van der Waals surface area (Å²) >= 11 is 0. The van der Waals surface area contributed by atoms with Crippen LogP contribution in [0.3, 0.4) is 0 Å². The van der Waals surface area contributed by atoms with Crippen molar-refractivity contribution in [3.63, 3.8) is 0 Å². The minimum Gasteiger partial charge on any atom is -0.591 e. The predicted molar refractivity (Wildman–Crippen MR) is 49.7 cm³/mol. The standard InChI is InChI=1S/C9H5O4P/c10-9-8(14(11)12)5-6-3-1-2-4-7(6)13-9/h1-5H. The first-order chi connectivity index (χ1) is 6.68. The van der Waals surface area contributed by atoms with Crippen LogP contribution in [0.5, 0.6) is 0 Å². The van der Waals surface area contributed by atoms with Gasteiger partial charge in [-0.1, -0.05) is 22.8 Å². The lowest BCUT2D eigenvalue weighted by Crippen LogP contribution is -2.22. The van der Waals surface area contributed by atoms with E-state index < -0.39 is 13.7 Å². The monoisotopic (exact) mass is 208 g/mol. The molecule has 2 aromatic rings. The SMILES string of the molecule is O=c1oc2ccccc2cc1[P+](=O)[O-]. The molecule has 14 heavy (non-hydrogen) atoms. The molecule has 1 atom stereocenters. The summed E-state index contributed by atoms with van der Waals surface area (Å²) in [6.07, 6.45) is 0. The molecule has 0 N–H and O–H groups in total. The number of para-hydroxylation sites is 1. The molecule has 0 aliphatic heterocycles. The molecule has 0 saturated heterocycles. The van der Waals surface area contributed by atoms with Gasteiger partial charge >= 0.3 is 13.7 Å². The lowest BCUT2D eigenvalue weighted by Gasteiger charge is -1.94. The van der Waals surface area contributed by atoms with Crippen molar-refractivity contribution in [1.29, 1.82) is 0 Å². The first-order valence-corrected chi connectivity index (χ1v) is 5.03. The smallest absolute Gasteiger partial charge is 0.390 e. The molecule has 1 aromatic heterocycles. The molecule has 0 aliphatic rings. The second kappa shape index (κ2) is 3.33. The van der Waals surface area contributed by atoms with Gasteiger partial charge in [-0.25, -0.2) is 4.79 Å². The Hall–Kier alpha value is -1.51. The van der Waals surface area contributed by atoms with E-state index in [1.165, 1.54) is 6.07 Å². The van der Waals surface area contributed by atoms with Gasteiger partial charge in [0.05, 0.1) is 0 Å². The van der Waals surface area contributed by atoms with Gasteiger partial charge in [0.1, 0.15) is 5.58 Å². The van der Waals surface area contributed by atoms with Crippen molar-refractivity contribution in [2.45, 2.75) is 0 Å². The number of rotatable bonds is 1. The van der Waals surface area contributed by atoms with Gasteiger partial charge in [-0.3, -0.25) is 0 Å². The maximum Gasteiger partial charge on any atom is 0.390 e. The number of hydrogen-bond donors (Lipinski definition) is 0. The molecule has 0 fully saturated rings. The second-order valence-electron chi connectivity index (χ2n) is 2.71. The van der Waals surface area contributed by atoms with Gasteiger partial charge in [0, 0.05) is 11.5 Å². The summed E-state index contributed by atoms with van der Waals surface area (Å²) in [5.41, 5.74) is -0.432. The maximum atomic E-state index is 11.1. The Balaban J connectivity index is 2.84. The molecule has 0 amide bonds. The van der Waals surface area contributed by atoms with Crippen LogP contribution >= 0.6 is 8.03 Å². The molecule has 70 valence electrons. The fourth-order valence-electron chi connectivity index (χ4n) is 1.18. The Morgan fingerprint density at radius 3 is 2.71 bits per heavy atom. The summed E-state index contributed by atoms with van der Waals surface area (Å²) in [7, 11) is -2.90. The van der Waals surface area contributed by atoms with Crippen molar-refractivity contribution in [3.8, 4) is 0 Å². The molecule has 2 rings (SSSR count). The fraction of sp³-hybridized carbons (Fsp3) is 0. The van der Waals surface area contributed by atoms with Gasteiger partial charge in [-0.2, -0.15) is 0 Å². The van der Waals surface area contributed by atoms with E-state index in [4.69, 9.17) is 4.42 Å². The third kappa shape index (κ3) is 1.45.